The number of hydrogen-bond acceptors (Lipinski definition) is 2. The van der Waals surface area contributed by atoms with Crippen molar-refractivity contribution in [3.63, 3.8) is 0 Å². The maximum atomic E-state index is 12.5. The minimum absolute atomic E-state index is 0.0426. The predicted octanol–water partition coefficient (Wildman–Crippen LogP) is 3.97. The third kappa shape index (κ3) is 3.55. The zero-order valence-corrected chi connectivity index (χ0v) is 14.6. The number of amides is 1. The maximum absolute atomic E-state index is 12.5. The number of rotatable bonds is 3. The summed E-state index contributed by atoms with van der Waals surface area (Å²) >= 11 is 6.07. The number of nitrogens with one attached hydrogen (secondary N) is 2. The Labute approximate surface area is 151 Å². The monoisotopic (exact) mass is 353 g/mol. The number of fused-ring (bicyclic) bond motifs is 2. The minimum atomic E-state index is -0.0426. The van der Waals surface area contributed by atoms with Crippen LogP contribution in [0.1, 0.15) is 17.5 Å². The Morgan fingerprint density at radius 3 is 3.00 bits per heavy atom. The number of benzene rings is 2. The predicted molar refractivity (Wildman–Crippen MR) is 102 cm³/mol. The van der Waals surface area contributed by atoms with E-state index in [1.165, 1.54) is 11.1 Å². The molecule has 0 fully saturated rings. The summed E-state index contributed by atoms with van der Waals surface area (Å²) in [5.74, 6) is -0.0426. The fourth-order valence-electron chi connectivity index (χ4n) is 3.39. The van der Waals surface area contributed by atoms with Crippen molar-refractivity contribution in [3.05, 3.63) is 64.8 Å². The average Bonchev–Trinajstić information content (AvgIpc) is 2.83. The normalized spacial score (nSPS) is 14.1. The summed E-state index contributed by atoms with van der Waals surface area (Å²) in [4.78, 5) is 12.5. The van der Waals surface area contributed by atoms with Crippen molar-refractivity contribution >= 4 is 34.1 Å². The number of hydrogen-bond donors (Lipinski definition) is 2. The second kappa shape index (κ2) is 6.90. The van der Waals surface area contributed by atoms with E-state index in [1.54, 1.807) is 0 Å². The van der Waals surface area contributed by atoms with Crippen LogP contribution in [0.15, 0.2) is 48.7 Å². The van der Waals surface area contributed by atoms with Gasteiger partial charge in [0.2, 0.25) is 5.91 Å². The number of carbonyl (C=O) groups excluding carboxylic acids is 1. The van der Waals surface area contributed by atoms with Crippen LogP contribution in [0.25, 0.3) is 10.9 Å². The number of carbonyl (C=O) groups is 1. The fourth-order valence-corrected chi connectivity index (χ4v) is 3.56. The van der Waals surface area contributed by atoms with Crippen LogP contribution in [-0.4, -0.2) is 17.0 Å². The zero-order valence-electron chi connectivity index (χ0n) is 13.9. The first-order valence-corrected chi connectivity index (χ1v) is 8.93. The largest absolute Gasteiger partial charge is 0.338 e. The Balaban J connectivity index is 1.50. The summed E-state index contributed by atoms with van der Waals surface area (Å²) in [6.45, 7) is 2.17. The lowest BCUT2D eigenvalue weighted by molar-refractivity contribution is -0.116. The molecule has 1 amide bonds. The van der Waals surface area contributed by atoms with Crippen LogP contribution >= 0.6 is 11.6 Å². The smallest absolute Gasteiger partial charge is 0.244 e. The van der Waals surface area contributed by atoms with Crippen LogP contribution in [0.4, 0.5) is 5.69 Å². The van der Waals surface area contributed by atoms with Gasteiger partial charge in [-0.1, -0.05) is 23.7 Å². The minimum Gasteiger partial charge on any atom is -0.338 e. The quantitative estimate of drug-likeness (QED) is 0.748. The molecule has 25 heavy (non-hydrogen) atoms. The van der Waals surface area contributed by atoms with E-state index in [2.05, 4.69) is 22.8 Å². The third-order valence-electron chi connectivity index (χ3n) is 4.66. The Hall–Kier alpha value is -2.30. The lowest BCUT2D eigenvalue weighted by Crippen LogP contribution is -2.18. The highest BCUT2D eigenvalue weighted by atomic mass is 35.5. The Bertz CT molecular complexity index is 932. The molecule has 2 aromatic carbocycles. The molecule has 5 heteroatoms. The SMILES string of the molecule is O=C(Cn1ccc2ccc(Cl)cc21)Nc1ccc2c(c1)CNCCC2. The first-order valence-electron chi connectivity index (χ1n) is 8.56. The second-order valence-electron chi connectivity index (χ2n) is 6.46. The lowest BCUT2D eigenvalue weighted by atomic mass is 10.0. The standard InChI is InChI=1S/C20H20ClN3O/c21-17-5-3-15-7-9-24(19(15)11-17)13-20(25)23-18-6-4-14-2-1-8-22-12-16(14)10-18/h3-7,9-11,22H,1-2,8,12-13H2,(H,23,25). The van der Waals surface area contributed by atoms with Crippen molar-refractivity contribution in [1.82, 2.24) is 9.88 Å². The molecule has 0 atom stereocenters. The molecule has 0 aliphatic carbocycles. The van der Waals surface area contributed by atoms with E-state index in [0.717, 1.165) is 42.5 Å². The van der Waals surface area contributed by atoms with Gasteiger partial charge in [0.25, 0.3) is 0 Å². The molecule has 1 aliphatic heterocycles. The van der Waals surface area contributed by atoms with Crippen molar-refractivity contribution in [3.8, 4) is 0 Å². The summed E-state index contributed by atoms with van der Waals surface area (Å²) in [7, 11) is 0. The van der Waals surface area contributed by atoms with Crippen LogP contribution in [0, 0.1) is 0 Å². The number of anilines is 1. The van der Waals surface area contributed by atoms with Gasteiger partial charge in [-0.05, 0) is 66.2 Å². The average molecular weight is 354 g/mol. The van der Waals surface area contributed by atoms with Crippen molar-refractivity contribution < 1.29 is 4.79 Å². The molecule has 0 unspecified atom stereocenters. The summed E-state index contributed by atoms with van der Waals surface area (Å²) in [5.41, 5.74) is 4.46. The number of nitrogens with zero attached hydrogens (tertiary/aromatic N) is 1. The Morgan fingerprint density at radius 1 is 1.16 bits per heavy atom. The van der Waals surface area contributed by atoms with Gasteiger partial charge in [-0.2, -0.15) is 0 Å². The zero-order chi connectivity index (χ0) is 17.2. The molecule has 4 nitrogen and oxygen atoms in total. The maximum Gasteiger partial charge on any atom is 0.244 e. The summed E-state index contributed by atoms with van der Waals surface area (Å²) < 4.78 is 1.92. The van der Waals surface area contributed by atoms with Crippen molar-refractivity contribution in [2.24, 2.45) is 0 Å². The molecular formula is C20H20ClN3O. The topological polar surface area (TPSA) is 46.1 Å². The molecule has 3 aromatic rings. The summed E-state index contributed by atoms with van der Waals surface area (Å²) in [6.07, 6.45) is 4.16. The number of aryl methyl sites for hydroxylation is 1. The van der Waals surface area contributed by atoms with Gasteiger partial charge in [0.05, 0.1) is 0 Å². The van der Waals surface area contributed by atoms with Gasteiger partial charge in [0, 0.05) is 29.0 Å². The first-order chi connectivity index (χ1) is 12.2. The van der Waals surface area contributed by atoms with Crippen molar-refractivity contribution in [2.45, 2.75) is 25.9 Å². The Kier molecular flexibility index (Phi) is 4.47. The van der Waals surface area contributed by atoms with E-state index in [1.807, 2.05) is 41.1 Å². The van der Waals surface area contributed by atoms with Crippen molar-refractivity contribution in [2.75, 3.05) is 11.9 Å². The highest BCUT2D eigenvalue weighted by Gasteiger charge is 2.11. The van der Waals surface area contributed by atoms with Gasteiger partial charge in [-0.3, -0.25) is 4.79 Å². The molecule has 0 saturated carbocycles. The van der Waals surface area contributed by atoms with Gasteiger partial charge in [-0.15, -0.1) is 0 Å². The molecule has 2 heterocycles. The van der Waals surface area contributed by atoms with E-state index >= 15 is 0 Å². The van der Waals surface area contributed by atoms with Crippen LogP contribution in [0.5, 0.6) is 0 Å². The van der Waals surface area contributed by atoms with Crippen LogP contribution in [-0.2, 0) is 24.3 Å². The van der Waals surface area contributed by atoms with Crippen LogP contribution < -0.4 is 10.6 Å². The van der Waals surface area contributed by atoms with Gasteiger partial charge in [0.15, 0.2) is 0 Å². The highest BCUT2D eigenvalue weighted by molar-refractivity contribution is 6.31. The van der Waals surface area contributed by atoms with Gasteiger partial charge >= 0.3 is 0 Å². The van der Waals surface area contributed by atoms with E-state index in [0.29, 0.717) is 5.02 Å². The van der Waals surface area contributed by atoms with Gasteiger partial charge in [-0.25, -0.2) is 0 Å². The Morgan fingerprint density at radius 2 is 2.08 bits per heavy atom. The molecule has 0 radical (unpaired) electrons. The first kappa shape index (κ1) is 16.2. The molecule has 4 rings (SSSR count). The van der Waals surface area contributed by atoms with Gasteiger partial charge in [0.1, 0.15) is 6.54 Å². The molecule has 1 aliphatic rings. The molecule has 0 saturated heterocycles. The molecule has 2 N–H and O–H groups in total. The number of aromatic nitrogens is 1. The van der Waals surface area contributed by atoms with E-state index in [9.17, 15) is 4.79 Å². The fraction of sp³-hybridized carbons (Fsp3) is 0.250. The van der Waals surface area contributed by atoms with E-state index < -0.39 is 0 Å². The second-order valence-corrected chi connectivity index (χ2v) is 6.90. The molecule has 0 spiro atoms. The van der Waals surface area contributed by atoms with E-state index in [4.69, 9.17) is 11.6 Å². The van der Waals surface area contributed by atoms with Crippen LogP contribution in [0.2, 0.25) is 5.02 Å². The molecule has 128 valence electrons. The number of halogens is 1. The molecule has 0 bridgehead atoms. The third-order valence-corrected chi connectivity index (χ3v) is 4.89. The highest BCUT2D eigenvalue weighted by Crippen LogP contribution is 2.22. The van der Waals surface area contributed by atoms with E-state index in [-0.39, 0.29) is 12.5 Å². The van der Waals surface area contributed by atoms with Crippen LogP contribution in [0.3, 0.4) is 0 Å². The summed E-state index contributed by atoms with van der Waals surface area (Å²) in [5, 5.41) is 8.18. The molecular weight excluding hydrogens is 334 g/mol. The molecule has 1 aromatic heterocycles. The summed E-state index contributed by atoms with van der Waals surface area (Å²) in [6, 6.07) is 13.9. The van der Waals surface area contributed by atoms with Crippen molar-refractivity contribution in [1.29, 1.82) is 0 Å². The van der Waals surface area contributed by atoms with Gasteiger partial charge < -0.3 is 15.2 Å². The lowest BCUT2D eigenvalue weighted by Gasteiger charge is -2.11.